The van der Waals surface area contributed by atoms with Gasteiger partial charge in [0.05, 0.1) is 11.2 Å². The molecule has 0 amide bonds. The van der Waals surface area contributed by atoms with Crippen LogP contribution in [-0.4, -0.2) is 23.9 Å². The van der Waals surface area contributed by atoms with E-state index in [0.29, 0.717) is 12.5 Å². The van der Waals surface area contributed by atoms with Crippen molar-refractivity contribution in [1.29, 1.82) is 0 Å². The standard InChI is InChI=1S/C14H20O2/c1-6-9-15-12-11(4)14(10(2)3)8-7-13(12,5)16-14/h1,10,12H,4,7-9H2,2-3,5H3/t12-,13+,14+/m1/s1. The van der Waals surface area contributed by atoms with E-state index in [1.54, 1.807) is 0 Å². The van der Waals surface area contributed by atoms with Gasteiger partial charge in [0.2, 0.25) is 0 Å². The second-order valence-corrected chi connectivity index (χ2v) is 5.38. The molecule has 0 aromatic carbocycles. The van der Waals surface area contributed by atoms with Crippen molar-refractivity contribution in [2.24, 2.45) is 5.92 Å². The minimum Gasteiger partial charge on any atom is -0.361 e. The van der Waals surface area contributed by atoms with Crippen LogP contribution in [0.4, 0.5) is 0 Å². The van der Waals surface area contributed by atoms with E-state index in [1.807, 2.05) is 0 Å². The lowest BCUT2D eigenvalue weighted by molar-refractivity contribution is -0.0888. The second-order valence-electron chi connectivity index (χ2n) is 5.38. The van der Waals surface area contributed by atoms with Crippen LogP contribution in [0.1, 0.15) is 33.6 Å². The highest BCUT2D eigenvalue weighted by atomic mass is 16.6. The summed E-state index contributed by atoms with van der Waals surface area (Å²) in [4.78, 5) is 0. The minimum atomic E-state index is -0.224. The Morgan fingerprint density at radius 3 is 2.81 bits per heavy atom. The molecule has 16 heavy (non-hydrogen) atoms. The van der Waals surface area contributed by atoms with Crippen LogP contribution >= 0.6 is 0 Å². The van der Waals surface area contributed by atoms with Gasteiger partial charge in [-0.25, -0.2) is 0 Å². The first-order chi connectivity index (χ1) is 7.46. The molecule has 2 aliphatic heterocycles. The number of terminal acetylenes is 1. The van der Waals surface area contributed by atoms with Crippen molar-refractivity contribution in [1.82, 2.24) is 0 Å². The molecule has 2 bridgehead atoms. The summed E-state index contributed by atoms with van der Waals surface area (Å²) < 4.78 is 12.0. The first kappa shape index (κ1) is 11.7. The van der Waals surface area contributed by atoms with Gasteiger partial charge in [-0.1, -0.05) is 26.3 Å². The van der Waals surface area contributed by atoms with E-state index in [-0.39, 0.29) is 17.3 Å². The van der Waals surface area contributed by atoms with Gasteiger partial charge in [0.1, 0.15) is 12.7 Å². The van der Waals surface area contributed by atoms with Crippen molar-refractivity contribution in [2.45, 2.75) is 50.9 Å². The third kappa shape index (κ3) is 1.35. The van der Waals surface area contributed by atoms with Crippen molar-refractivity contribution >= 4 is 0 Å². The van der Waals surface area contributed by atoms with E-state index in [2.05, 4.69) is 33.3 Å². The summed E-state index contributed by atoms with van der Waals surface area (Å²) in [7, 11) is 0. The highest BCUT2D eigenvalue weighted by Crippen LogP contribution is 2.57. The zero-order chi connectivity index (χ0) is 12.0. The second kappa shape index (κ2) is 3.61. The molecular formula is C14H20O2. The zero-order valence-electron chi connectivity index (χ0n) is 10.4. The fourth-order valence-electron chi connectivity index (χ4n) is 3.14. The number of ether oxygens (including phenoxy) is 2. The number of hydrogen-bond acceptors (Lipinski definition) is 2. The summed E-state index contributed by atoms with van der Waals surface area (Å²) in [6.45, 7) is 11.0. The van der Waals surface area contributed by atoms with Crippen molar-refractivity contribution in [3.05, 3.63) is 12.2 Å². The molecule has 0 aromatic rings. The molecule has 3 atom stereocenters. The average molecular weight is 220 g/mol. The summed E-state index contributed by atoms with van der Waals surface area (Å²) in [5.74, 6) is 2.95. The van der Waals surface area contributed by atoms with Gasteiger partial charge in [-0.15, -0.1) is 6.42 Å². The van der Waals surface area contributed by atoms with Gasteiger partial charge < -0.3 is 9.47 Å². The zero-order valence-corrected chi connectivity index (χ0v) is 10.4. The van der Waals surface area contributed by atoms with Gasteiger partial charge in [0, 0.05) is 0 Å². The Morgan fingerprint density at radius 1 is 1.62 bits per heavy atom. The van der Waals surface area contributed by atoms with Gasteiger partial charge in [-0.05, 0) is 31.3 Å². The van der Waals surface area contributed by atoms with Gasteiger partial charge in [0.25, 0.3) is 0 Å². The quantitative estimate of drug-likeness (QED) is 0.537. The molecule has 0 unspecified atom stereocenters. The molecular weight excluding hydrogens is 200 g/mol. The van der Waals surface area contributed by atoms with E-state index in [9.17, 15) is 0 Å². The molecule has 2 nitrogen and oxygen atoms in total. The van der Waals surface area contributed by atoms with E-state index in [1.165, 1.54) is 0 Å². The maximum absolute atomic E-state index is 6.24. The fraction of sp³-hybridized carbons (Fsp3) is 0.714. The molecule has 2 heterocycles. The van der Waals surface area contributed by atoms with Crippen molar-refractivity contribution in [3.8, 4) is 12.3 Å². The third-order valence-corrected chi connectivity index (χ3v) is 4.09. The SMILES string of the molecule is C#CCO[C@@H]1C(=C)[C@@]2(C(C)C)CC[C@]1(C)O2. The number of rotatable bonds is 3. The highest BCUT2D eigenvalue weighted by molar-refractivity contribution is 5.33. The predicted octanol–water partition coefficient (Wildman–Crippen LogP) is 2.54. The van der Waals surface area contributed by atoms with Crippen LogP contribution in [0.15, 0.2) is 12.2 Å². The first-order valence-corrected chi connectivity index (χ1v) is 5.91. The summed E-state index contributed by atoms with van der Waals surface area (Å²) >= 11 is 0. The summed E-state index contributed by atoms with van der Waals surface area (Å²) in [6.07, 6.45) is 7.28. The monoisotopic (exact) mass is 220 g/mol. The molecule has 0 spiro atoms. The topological polar surface area (TPSA) is 18.5 Å². The number of hydrogen-bond donors (Lipinski definition) is 0. The summed E-state index contributed by atoms with van der Waals surface area (Å²) in [5.41, 5.74) is 0.665. The molecule has 0 N–H and O–H groups in total. The van der Waals surface area contributed by atoms with E-state index < -0.39 is 0 Å². The Hall–Kier alpha value is -0.780. The van der Waals surface area contributed by atoms with Crippen LogP contribution < -0.4 is 0 Å². The molecule has 0 aliphatic carbocycles. The lowest BCUT2D eigenvalue weighted by atomic mass is 9.72. The maximum Gasteiger partial charge on any atom is 0.111 e. The molecule has 0 aromatic heterocycles. The molecule has 2 rings (SSSR count). The van der Waals surface area contributed by atoms with Gasteiger partial charge >= 0.3 is 0 Å². The molecule has 88 valence electrons. The lowest BCUT2D eigenvalue weighted by Crippen LogP contribution is -2.40. The van der Waals surface area contributed by atoms with Crippen LogP contribution in [0, 0.1) is 18.3 Å². The van der Waals surface area contributed by atoms with Crippen molar-refractivity contribution in [2.75, 3.05) is 6.61 Å². The van der Waals surface area contributed by atoms with Crippen LogP contribution in [0.2, 0.25) is 0 Å². The minimum absolute atomic E-state index is 0.0419. The largest absolute Gasteiger partial charge is 0.361 e. The van der Waals surface area contributed by atoms with Gasteiger partial charge in [0.15, 0.2) is 0 Å². The van der Waals surface area contributed by atoms with E-state index >= 15 is 0 Å². The number of fused-ring (bicyclic) bond motifs is 2. The van der Waals surface area contributed by atoms with Crippen LogP contribution in [0.3, 0.4) is 0 Å². The van der Waals surface area contributed by atoms with Crippen LogP contribution in [-0.2, 0) is 9.47 Å². The Kier molecular flexibility index (Phi) is 2.64. The molecule has 2 saturated heterocycles. The van der Waals surface area contributed by atoms with E-state index in [0.717, 1.165) is 18.4 Å². The maximum atomic E-state index is 6.24. The highest BCUT2D eigenvalue weighted by Gasteiger charge is 2.63. The van der Waals surface area contributed by atoms with Crippen LogP contribution in [0.25, 0.3) is 0 Å². The Balaban J connectivity index is 2.26. The first-order valence-electron chi connectivity index (χ1n) is 5.91. The molecule has 2 fully saturated rings. The summed E-state index contributed by atoms with van der Waals surface area (Å²) in [5, 5.41) is 0. The van der Waals surface area contributed by atoms with Gasteiger partial charge in [-0.3, -0.25) is 0 Å². The predicted molar refractivity (Wildman–Crippen MR) is 64.0 cm³/mol. The molecule has 0 radical (unpaired) electrons. The summed E-state index contributed by atoms with van der Waals surface area (Å²) in [6, 6.07) is 0. The Bertz CT molecular complexity index is 352. The lowest BCUT2D eigenvalue weighted by Gasteiger charge is -2.33. The van der Waals surface area contributed by atoms with Crippen molar-refractivity contribution in [3.63, 3.8) is 0 Å². The normalized spacial score (nSPS) is 41.7. The Morgan fingerprint density at radius 2 is 2.31 bits per heavy atom. The molecule has 2 heteroatoms. The van der Waals surface area contributed by atoms with Crippen molar-refractivity contribution < 1.29 is 9.47 Å². The fourth-order valence-corrected chi connectivity index (χ4v) is 3.14. The van der Waals surface area contributed by atoms with Crippen LogP contribution in [0.5, 0.6) is 0 Å². The third-order valence-electron chi connectivity index (χ3n) is 4.09. The smallest absolute Gasteiger partial charge is 0.111 e. The van der Waals surface area contributed by atoms with Gasteiger partial charge in [-0.2, -0.15) is 0 Å². The Labute approximate surface area is 98.0 Å². The average Bonchev–Trinajstić information content (AvgIpc) is 2.67. The molecule has 2 aliphatic rings. The molecule has 0 saturated carbocycles. The van der Waals surface area contributed by atoms with E-state index in [4.69, 9.17) is 15.9 Å².